The summed E-state index contributed by atoms with van der Waals surface area (Å²) in [5, 5.41) is 0. The van der Waals surface area contributed by atoms with Gasteiger partial charge in [0.25, 0.3) is 6.71 Å². The van der Waals surface area contributed by atoms with E-state index in [-0.39, 0.29) is 6.71 Å². The molecule has 0 amide bonds. The average Bonchev–Trinajstić information content (AvgIpc) is 2.84. The van der Waals surface area contributed by atoms with E-state index >= 15 is 0 Å². The lowest BCUT2D eigenvalue weighted by molar-refractivity contribution is 0.338. The molecule has 0 bridgehead atoms. The first kappa shape index (κ1) is 33.0. The number of halogens is 9. The topological polar surface area (TPSA) is 27.7 Å². The maximum absolute atomic E-state index is 6.02. The van der Waals surface area contributed by atoms with Gasteiger partial charge in [0.15, 0.2) is 0 Å². The molecule has 37 heavy (non-hydrogen) atoms. The molecule has 0 aliphatic heterocycles. The molecule has 198 valence electrons. The highest BCUT2D eigenvalue weighted by atomic mass is 79.9. The van der Waals surface area contributed by atoms with Crippen molar-refractivity contribution in [2.75, 3.05) is 19.8 Å². The van der Waals surface area contributed by atoms with Crippen LogP contribution in [0, 0.1) is 0 Å². The summed E-state index contributed by atoms with van der Waals surface area (Å²) in [5.74, 6) is 2.16. The predicted molar refractivity (Wildman–Crippen MR) is 187 cm³/mol. The van der Waals surface area contributed by atoms with E-state index in [4.69, 9.17) is 14.2 Å². The van der Waals surface area contributed by atoms with Crippen molar-refractivity contribution in [3.05, 3.63) is 58.5 Å². The van der Waals surface area contributed by atoms with Crippen LogP contribution < -0.4 is 30.6 Å². The highest BCUT2D eigenvalue weighted by Gasteiger charge is 2.38. The molecule has 0 spiro atoms. The summed E-state index contributed by atoms with van der Waals surface area (Å²) in [4.78, 5) is 0. The van der Waals surface area contributed by atoms with Crippen molar-refractivity contribution in [1.29, 1.82) is 0 Å². The second kappa shape index (κ2) is 14.6. The van der Waals surface area contributed by atoms with Crippen molar-refractivity contribution in [3.63, 3.8) is 0 Å². The van der Waals surface area contributed by atoms with Crippen LogP contribution in [-0.2, 0) is 0 Å². The van der Waals surface area contributed by atoms with Gasteiger partial charge in [-0.25, -0.2) is 0 Å². The first-order chi connectivity index (χ1) is 17.5. The Morgan fingerprint density at radius 2 is 0.703 bits per heavy atom. The Labute approximate surface area is 293 Å². The number of rotatable bonds is 9. The predicted octanol–water partition coefficient (Wildman–Crippen LogP) is 10.3. The summed E-state index contributed by atoms with van der Waals surface area (Å²) < 4.78 is 25.7. The van der Waals surface area contributed by atoms with Crippen molar-refractivity contribution in [2.45, 2.75) is 20.8 Å². The lowest BCUT2D eigenvalue weighted by Crippen LogP contribution is -2.55. The summed E-state index contributed by atoms with van der Waals surface area (Å²) in [7, 11) is 0. The normalized spacial score (nSPS) is 11.0. The first-order valence-corrected chi connectivity index (χ1v) is 18.0. The molecular weight excluding hydrogens is 1070 g/mol. The zero-order valence-electron chi connectivity index (χ0n) is 19.6. The second-order valence-electron chi connectivity index (χ2n) is 7.43. The minimum Gasteiger partial charge on any atom is -0.493 e. The number of hydrogen-bond donors (Lipinski definition) is 0. The molecule has 0 aliphatic rings. The molecule has 3 rings (SSSR count). The van der Waals surface area contributed by atoms with E-state index in [0.29, 0.717) is 19.8 Å². The Bertz CT molecular complexity index is 1170. The van der Waals surface area contributed by atoms with E-state index in [0.717, 1.165) is 73.9 Å². The molecule has 0 radical (unpaired) electrons. The van der Waals surface area contributed by atoms with Crippen LogP contribution in [0.25, 0.3) is 0 Å². The molecule has 0 saturated carbocycles. The summed E-state index contributed by atoms with van der Waals surface area (Å²) in [6, 6.07) is 5.85. The number of ether oxygens (including phenoxy) is 3. The van der Waals surface area contributed by atoms with Crippen molar-refractivity contribution >= 4 is 166 Å². The van der Waals surface area contributed by atoms with E-state index < -0.39 is 0 Å². The third-order valence-corrected chi connectivity index (χ3v) is 13.7. The van der Waals surface area contributed by atoms with Gasteiger partial charge < -0.3 is 14.2 Å². The Hall–Kier alpha value is 1.44. The molecule has 13 heteroatoms. The fraction of sp³-hybridized carbons (Fsp3) is 0.250. The monoisotopic (exact) mass is 1080 g/mol. The van der Waals surface area contributed by atoms with Crippen LogP contribution >= 0.6 is 143 Å². The van der Waals surface area contributed by atoms with Crippen LogP contribution in [0.4, 0.5) is 0 Å². The van der Waals surface area contributed by atoms with Gasteiger partial charge in [-0.05, 0) is 151 Å². The summed E-state index contributed by atoms with van der Waals surface area (Å²) in [6.07, 6.45) is 0. The Kier molecular flexibility index (Phi) is 13.0. The molecule has 0 N–H and O–H groups in total. The van der Waals surface area contributed by atoms with Crippen molar-refractivity contribution in [1.82, 2.24) is 0 Å². The van der Waals surface area contributed by atoms with Gasteiger partial charge in [-0.15, -0.1) is 0 Å². The van der Waals surface area contributed by atoms with Gasteiger partial charge in [-0.1, -0.05) is 47.8 Å². The van der Waals surface area contributed by atoms with Crippen molar-refractivity contribution in [2.24, 2.45) is 0 Å². The molecule has 3 aromatic carbocycles. The SMILES string of the molecule is CCOc1cc(Br)c(Br)c(B(c2c(Br)c(Br)cc(OCC)c2Br)c2c(Br)c(Br)cc(OCC)c2Br)c1Br. The molecular formula is C24H18BBr9O3. The minimum atomic E-state index is -0.360. The minimum absolute atomic E-state index is 0.360. The van der Waals surface area contributed by atoms with E-state index in [9.17, 15) is 0 Å². The highest BCUT2D eigenvalue weighted by molar-refractivity contribution is 9.14. The van der Waals surface area contributed by atoms with Gasteiger partial charge in [0.05, 0.1) is 33.2 Å². The second-order valence-corrected chi connectivity index (χ2v) is 14.7. The zero-order chi connectivity index (χ0) is 27.6. The van der Waals surface area contributed by atoms with Crippen LogP contribution in [-0.4, -0.2) is 26.5 Å². The standard InChI is InChI=1S/C24H18BBr9O3/c1-4-35-13-7-10(26)19(29)16(22(13)32)25(17-20(30)11(27)8-14(23(17)33)36-5-2)18-21(31)12(28)9-15(24(18)34)37-6-3/h7-9H,4-6H2,1-3H3. The molecule has 0 aliphatic carbocycles. The van der Waals surface area contributed by atoms with E-state index in [1.54, 1.807) is 0 Å². The molecule has 0 heterocycles. The molecule has 3 aromatic rings. The maximum Gasteiger partial charge on any atom is 0.250 e. The first-order valence-electron chi connectivity index (χ1n) is 10.9. The van der Waals surface area contributed by atoms with E-state index in [1.807, 2.05) is 39.0 Å². The summed E-state index contributed by atoms with van der Waals surface area (Å²) >= 11 is 34.4. The van der Waals surface area contributed by atoms with Gasteiger partial charge in [-0.3, -0.25) is 0 Å². The Balaban J connectivity index is 2.60. The van der Waals surface area contributed by atoms with Crippen molar-refractivity contribution < 1.29 is 14.2 Å². The largest absolute Gasteiger partial charge is 0.493 e. The smallest absolute Gasteiger partial charge is 0.250 e. The van der Waals surface area contributed by atoms with E-state index in [1.165, 1.54) is 0 Å². The number of benzene rings is 3. The van der Waals surface area contributed by atoms with Gasteiger partial charge in [0, 0.05) is 26.8 Å². The lowest BCUT2D eigenvalue weighted by atomic mass is 9.36. The van der Waals surface area contributed by atoms with Gasteiger partial charge >= 0.3 is 0 Å². The Morgan fingerprint density at radius 1 is 0.459 bits per heavy atom. The molecule has 3 nitrogen and oxygen atoms in total. The van der Waals surface area contributed by atoms with Gasteiger partial charge in [0.1, 0.15) is 17.2 Å². The highest BCUT2D eigenvalue weighted by Crippen LogP contribution is 2.40. The quantitative estimate of drug-likeness (QED) is 0.158. The van der Waals surface area contributed by atoms with E-state index in [2.05, 4.69) is 143 Å². The third-order valence-electron chi connectivity index (χ3n) is 5.24. The molecule has 0 aromatic heterocycles. The molecule has 0 fully saturated rings. The fourth-order valence-corrected chi connectivity index (χ4v) is 9.43. The van der Waals surface area contributed by atoms with Crippen LogP contribution in [0.5, 0.6) is 17.2 Å². The molecule has 0 atom stereocenters. The molecule has 0 unspecified atom stereocenters. The summed E-state index contributed by atoms with van der Waals surface area (Å²) in [6.45, 7) is 7.10. The lowest BCUT2D eigenvalue weighted by Gasteiger charge is -2.27. The average molecular weight is 1080 g/mol. The van der Waals surface area contributed by atoms with Crippen molar-refractivity contribution in [3.8, 4) is 17.2 Å². The van der Waals surface area contributed by atoms with Crippen LogP contribution in [0.3, 0.4) is 0 Å². The fourth-order valence-electron chi connectivity index (χ4n) is 3.77. The van der Waals surface area contributed by atoms with Crippen LogP contribution in [0.15, 0.2) is 58.5 Å². The Morgan fingerprint density at radius 3 is 0.919 bits per heavy atom. The maximum atomic E-state index is 6.02. The zero-order valence-corrected chi connectivity index (χ0v) is 33.8. The van der Waals surface area contributed by atoms with Gasteiger partial charge in [0.2, 0.25) is 0 Å². The van der Waals surface area contributed by atoms with Crippen LogP contribution in [0.1, 0.15) is 20.8 Å². The van der Waals surface area contributed by atoms with Gasteiger partial charge in [-0.2, -0.15) is 0 Å². The molecule has 0 saturated heterocycles. The summed E-state index contributed by atoms with van der Waals surface area (Å²) in [5.41, 5.74) is 2.84. The number of hydrogen-bond acceptors (Lipinski definition) is 3. The third kappa shape index (κ3) is 6.92. The van der Waals surface area contributed by atoms with Crippen LogP contribution in [0.2, 0.25) is 0 Å².